The summed E-state index contributed by atoms with van der Waals surface area (Å²) in [5.74, 6) is -1.52. The summed E-state index contributed by atoms with van der Waals surface area (Å²) < 4.78 is 42.2. The SMILES string of the molecule is Cc1ccccc1OC(CC(=O)O)C(F)(F)F. The van der Waals surface area contributed by atoms with Crippen LogP contribution in [0, 0.1) is 6.92 Å². The summed E-state index contributed by atoms with van der Waals surface area (Å²) in [5, 5.41) is 8.41. The lowest BCUT2D eigenvalue weighted by atomic mass is 10.2. The molecule has 0 fully saturated rings. The zero-order valence-electron chi connectivity index (χ0n) is 8.99. The monoisotopic (exact) mass is 248 g/mol. The molecule has 0 aromatic heterocycles. The summed E-state index contributed by atoms with van der Waals surface area (Å²) in [5.41, 5.74) is 0.520. The maximum absolute atomic E-state index is 12.5. The summed E-state index contributed by atoms with van der Waals surface area (Å²) >= 11 is 0. The van der Waals surface area contributed by atoms with Crippen LogP contribution >= 0.6 is 0 Å². The number of hydrogen-bond donors (Lipinski definition) is 1. The number of para-hydroxylation sites is 1. The highest BCUT2D eigenvalue weighted by molar-refractivity contribution is 5.67. The van der Waals surface area contributed by atoms with Crippen LogP contribution in [-0.4, -0.2) is 23.4 Å². The van der Waals surface area contributed by atoms with Gasteiger partial charge >= 0.3 is 12.1 Å². The number of carboxylic acids is 1. The highest BCUT2D eigenvalue weighted by Gasteiger charge is 2.43. The fourth-order valence-corrected chi connectivity index (χ4v) is 1.22. The second kappa shape index (κ2) is 5.07. The van der Waals surface area contributed by atoms with Gasteiger partial charge in [-0.05, 0) is 18.6 Å². The Morgan fingerprint density at radius 3 is 2.47 bits per heavy atom. The number of alkyl halides is 3. The van der Waals surface area contributed by atoms with Crippen molar-refractivity contribution in [3.8, 4) is 5.75 Å². The zero-order valence-corrected chi connectivity index (χ0v) is 8.99. The summed E-state index contributed by atoms with van der Waals surface area (Å²) in [4.78, 5) is 10.4. The third kappa shape index (κ3) is 3.97. The molecule has 0 heterocycles. The van der Waals surface area contributed by atoms with Gasteiger partial charge in [-0.15, -0.1) is 0 Å². The van der Waals surface area contributed by atoms with Crippen LogP contribution in [0.2, 0.25) is 0 Å². The minimum absolute atomic E-state index is 0.0380. The van der Waals surface area contributed by atoms with Crippen molar-refractivity contribution in [1.29, 1.82) is 0 Å². The van der Waals surface area contributed by atoms with Crippen LogP contribution in [0.25, 0.3) is 0 Å². The quantitative estimate of drug-likeness (QED) is 0.891. The molecule has 0 bridgehead atoms. The molecule has 1 atom stereocenters. The maximum atomic E-state index is 12.5. The minimum atomic E-state index is -4.71. The second-order valence-corrected chi connectivity index (χ2v) is 3.51. The Bertz CT molecular complexity index is 401. The number of carbonyl (C=O) groups is 1. The molecule has 6 heteroatoms. The van der Waals surface area contributed by atoms with Gasteiger partial charge in [0.25, 0.3) is 0 Å². The predicted molar refractivity (Wildman–Crippen MR) is 53.9 cm³/mol. The van der Waals surface area contributed by atoms with E-state index in [1.807, 2.05) is 0 Å². The van der Waals surface area contributed by atoms with Crippen LogP contribution in [0.1, 0.15) is 12.0 Å². The van der Waals surface area contributed by atoms with E-state index in [-0.39, 0.29) is 5.75 Å². The van der Waals surface area contributed by atoms with E-state index in [9.17, 15) is 18.0 Å². The molecule has 0 amide bonds. The van der Waals surface area contributed by atoms with E-state index in [2.05, 4.69) is 0 Å². The number of hydrogen-bond acceptors (Lipinski definition) is 2. The van der Waals surface area contributed by atoms with Crippen molar-refractivity contribution in [2.75, 3.05) is 0 Å². The minimum Gasteiger partial charge on any atom is -0.481 e. The number of rotatable bonds is 4. The normalized spacial score (nSPS) is 13.2. The topological polar surface area (TPSA) is 46.5 Å². The van der Waals surface area contributed by atoms with Crippen LogP contribution in [0.5, 0.6) is 5.75 Å². The van der Waals surface area contributed by atoms with E-state index in [1.54, 1.807) is 19.1 Å². The van der Waals surface area contributed by atoms with Crippen LogP contribution in [0.3, 0.4) is 0 Å². The van der Waals surface area contributed by atoms with Crippen molar-refractivity contribution < 1.29 is 27.8 Å². The molecule has 1 unspecified atom stereocenters. The van der Waals surface area contributed by atoms with Gasteiger partial charge in [-0.1, -0.05) is 18.2 Å². The third-order valence-corrected chi connectivity index (χ3v) is 2.09. The van der Waals surface area contributed by atoms with Crippen LogP contribution in [-0.2, 0) is 4.79 Å². The highest BCUT2D eigenvalue weighted by Crippen LogP contribution is 2.28. The first-order valence-corrected chi connectivity index (χ1v) is 4.81. The van der Waals surface area contributed by atoms with Gasteiger partial charge < -0.3 is 9.84 Å². The standard InChI is InChI=1S/C11H11F3O3/c1-7-4-2-3-5-8(7)17-9(6-10(15)16)11(12,13)14/h2-5,9H,6H2,1H3,(H,15,16). The summed E-state index contributed by atoms with van der Waals surface area (Å²) in [6, 6.07) is 6.14. The predicted octanol–water partition coefficient (Wildman–Crippen LogP) is 2.78. The van der Waals surface area contributed by atoms with E-state index < -0.39 is 24.7 Å². The van der Waals surface area contributed by atoms with Crippen molar-refractivity contribution in [1.82, 2.24) is 0 Å². The first-order valence-electron chi connectivity index (χ1n) is 4.81. The average Bonchev–Trinajstić information content (AvgIpc) is 2.18. The number of aliphatic carboxylic acids is 1. The Morgan fingerprint density at radius 2 is 2.00 bits per heavy atom. The number of aryl methyl sites for hydroxylation is 1. The largest absolute Gasteiger partial charge is 0.481 e. The van der Waals surface area contributed by atoms with Crippen molar-refractivity contribution in [3.05, 3.63) is 29.8 Å². The van der Waals surface area contributed by atoms with Crippen molar-refractivity contribution in [2.45, 2.75) is 25.6 Å². The summed E-state index contributed by atoms with van der Waals surface area (Å²) in [6.45, 7) is 1.59. The summed E-state index contributed by atoms with van der Waals surface area (Å²) in [7, 11) is 0. The molecule has 0 aliphatic rings. The molecule has 0 aliphatic heterocycles. The fourth-order valence-electron chi connectivity index (χ4n) is 1.22. The molecule has 1 rings (SSSR count). The molecule has 94 valence electrons. The number of ether oxygens (including phenoxy) is 1. The Kier molecular flexibility index (Phi) is 3.98. The van der Waals surface area contributed by atoms with Crippen molar-refractivity contribution >= 4 is 5.97 Å². The van der Waals surface area contributed by atoms with E-state index >= 15 is 0 Å². The molecule has 17 heavy (non-hydrogen) atoms. The van der Waals surface area contributed by atoms with Crippen molar-refractivity contribution in [3.63, 3.8) is 0 Å². The van der Waals surface area contributed by atoms with Gasteiger partial charge in [0.15, 0.2) is 0 Å². The summed E-state index contributed by atoms with van der Waals surface area (Å²) in [6.07, 6.45) is -8.15. The Labute approximate surface area is 95.8 Å². The molecule has 3 nitrogen and oxygen atoms in total. The van der Waals surface area contributed by atoms with E-state index in [0.717, 1.165) is 0 Å². The molecular formula is C11H11F3O3. The van der Waals surface area contributed by atoms with Gasteiger partial charge in [0.2, 0.25) is 6.10 Å². The van der Waals surface area contributed by atoms with Gasteiger partial charge in [0.1, 0.15) is 5.75 Å². The number of carboxylic acid groups (broad SMARTS) is 1. The van der Waals surface area contributed by atoms with E-state index in [0.29, 0.717) is 5.56 Å². The Balaban J connectivity index is 2.87. The zero-order chi connectivity index (χ0) is 13.1. The van der Waals surface area contributed by atoms with Gasteiger partial charge in [0.05, 0.1) is 6.42 Å². The van der Waals surface area contributed by atoms with Crippen LogP contribution in [0.15, 0.2) is 24.3 Å². The molecule has 0 saturated carbocycles. The Hall–Kier alpha value is -1.72. The van der Waals surface area contributed by atoms with Gasteiger partial charge in [0, 0.05) is 0 Å². The lowest BCUT2D eigenvalue weighted by Crippen LogP contribution is -2.36. The second-order valence-electron chi connectivity index (χ2n) is 3.51. The van der Waals surface area contributed by atoms with Crippen molar-refractivity contribution in [2.24, 2.45) is 0 Å². The van der Waals surface area contributed by atoms with Gasteiger partial charge in [-0.3, -0.25) is 4.79 Å². The molecule has 1 N–H and O–H groups in total. The molecule has 0 saturated heterocycles. The maximum Gasteiger partial charge on any atom is 0.426 e. The highest BCUT2D eigenvalue weighted by atomic mass is 19.4. The molecule has 0 spiro atoms. The number of benzene rings is 1. The third-order valence-electron chi connectivity index (χ3n) is 2.09. The Morgan fingerprint density at radius 1 is 1.41 bits per heavy atom. The van der Waals surface area contributed by atoms with Crippen LogP contribution in [0.4, 0.5) is 13.2 Å². The average molecular weight is 248 g/mol. The first kappa shape index (κ1) is 13.3. The fraction of sp³-hybridized carbons (Fsp3) is 0.364. The lowest BCUT2D eigenvalue weighted by molar-refractivity contribution is -0.200. The van der Waals surface area contributed by atoms with Crippen LogP contribution < -0.4 is 4.74 Å². The molecular weight excluding hydrogens is 237 g/mol. The van der Waals surface area contributed by atoms with E-state index in [4.69, 9.17) is 9.84 Å². The van der Waals surface area contributed by atoms with Gasteiger partial charge in [-0.25, -0.2) is 0 Å². The molecule has 1 aromatic rings. The lowest BCUT2D eigenvalue weighted by Gasteiger charge is -2.21. The molecule has 0 radical (unpaired) electrons. The molecule has 0 aliphatic carbocycles. The molecule has 1 aromatic carbocycles. The first-order chi connectivity index (χ1) is 7.80. The smallest absolute Gasteiger partial charge is 0.426 e. The van der Waals surface area contributed by atoms with Gasteiger partial charge in [-0.2, -0.15) is 13.2 Å². The van der Waals surface area contributed by atoms with E-state index in [1.165, 1.54) is 12.1 Å². The number of halogens is 3.